The van der Waals surface area contributed by atoms with Gasteiger partial charge in [-0.1, -0.05) is 6.07 Å². The van der Waals surface area contributed by atoms with E-state index in [0.717, 1.165) is 18.9 Å². The topological polar surface area (TPSA) is 30.5 Å². The fourth-order valence-corrected chi connectivity index (χ4v) is 2.28. The van der Waals surface area contributed by atoms with Crippen molar-refractivity contribution in [3.63, 3.8) is 0 Å². The Morgan fingerprint density at radius 3 is 2.94 bits per heavy atom. The highest BCUT2D eigenvalue weighted by molar-refractivity contribution is 5.37. The van der Waals surface area contributed by atoms with Crippen LogP contribution in [0.1, 0.15) is 31.1 Å². The summed E-state index contributed by atoms with van der Waals surface area (Å²) in [5.74, 6) is 0.965. The zero-order chi connectivity index (χ0) is 12.3. The molecule has 0 aromatic heterocycles. The zero-order valence-electron chi connectivity index (χ0n) is 10.8. The minimum atomic E-state index is 0.151. The molecule has 3 heteroatoms. The summed E-state index contributed by atoms with van der Waals surface area (Å²) in [5, 5.41) is 3.43. The summed E-state index contributed by atoms with van der Waals surface area (Å²) >= 11 is 0. The summed E-state index contributed by atoms with van der Waals surface area (Å²) in [5.41, 5.74) is 2.40. The zero-order valence-corrected chi connectivity index (χ0v) is 10.8. The van der Waals surface area contributed by atoms with Gasteiger partial charge in [-0.2, -0.15) is 0 Å². The third-order valence-electron chi connectivity index (χ3n) is 3.15. The SMILES string of the molecule is CCOc1ccc(C2OCCNC2C)cc1C. The molecule has 1 aromatic rings. The fraction of sp³-hybridized carbons (Fsp3) is 0.571. The Morgan fingerprint density at radius 2 is 2.29 bits per heavy atom. The van der Waals surface area contributed by atoms with E-state index in [1.807, 2.05) is 13.0 Å². The molecule has 1 heterocycles. The van der Waals surface area contributed by atoms with Crippen molar-refractivity contribution >= 4 is 0 Å². The molecule has 1 N–H and O–H groups in total. The predicted octanol–water partition coefficient (Wildman–Crippen LogP) is 2.44. The van der Waals surface area contributed by atoms with Crippen molar-refractivity contribution < 1.29 is 9.47 Å². The molecule has 94 valence electrons. The van der Waals surface area contributed by atoms with Crippen LogP contribution in [0.5, 0.6) is 5.75 Å². The van der Waals surface area contributed by atoms with Crippen molar-refractivity contribution in [2.75, 3.05) is 19.8 Å². The van der Waals surface area contributed by atoms with Crippen LogP contribution in [0.2, 0.25) is 0 Å². The van der Waals surface area contributed by atoms with E-state index in [4.69, 9.17) is 9.47 Å². The molecule has 3 nitrogen and oxygen atoms in total. The first-order valence-corrected chi connectivity index (χ1v) is 6.30. The van der Waals surface area contributed by atoms with E-state index in [0.29, 0.717) is 12.6 Å². The normalized spacial score (nSPS) is 24.6. The minimum Gasteiger partial charge on any atom is -0.494 e. The van der Waals surface area contributed by atoms with Crippen molar-refractivity contribution in [2.45, 2.75) is 32.9 Å². The second-order valence-corrected chi connectivity index (χ2v) is 4.49. The van der Waals surface area contributed by atoms with Gasteiger partial charge in [-0.25, -0.2) is 0 Å². The van der Waals surface area contributed by atoms with Gasteiger partial charge in [-0.3, -0.25) is 0 Å². The Kier molecular flexibility index (Phi) is 4.02. The third kappa shape index (κ3) is 2.79. The van der Waals surface area contributed by atoms with Crippen molar-refractivity contribution in [1.82, 2.24) is 5.32 Å². The molecular formula is C14H21NO2. The summed E-state index contributed by atoms with van der Waals surface area (Å²) in [6.07, 6.45) is 0.151. The van der Waals surface area contributed by atoms with Gasteiger partial charge in [0.25, 0.3) is 0 Å². The van der Waals surface area contributed by atoms with E-state index < -0.39 is 0 Å². The molecule has 1 aliphatic rings. The Balaban J connectivity index is 2.18. The molecule has 0 radical (unpaired) electrons. The Bertz CT molecular complexity index is 378. The van der Waals surface area contributed by atoms with Gasteiger partial charge in [-0.05, 0) is 44.0 Å². The summed E-state index contributed by atoms with van der Waals surface area (Å²) in [6.45, 7) is 8.67. The van der Waals surface area contributed by atoms with E-state index in [2.05, 4.69) is 31.3 Å². The lowest BCUT2D eigenvalue weighted by molar-refractivity contribution is -0.000279. The van der Waals surface area contributed by atoms with E-state index in [1.54, 1.807) is 0 Å². The second kappa shape index (κ2) is 5.52. The first-order valence-electron chi connectivity index (χ1n) is 6.30. The van der Waals surface area contributed by atoms with E-state index >= 15 is 0 Å². The standard InChI is InChI=1S/C14H21NO2/c1-4-16-13-6-5-12(9-10(13)2)14-11(3)15-7-8-17-14/h5-6,9,11,14-15H,4,7-8H2,1-3H3. The number of aryl methyl sites for hydroxylation is 1. The number of hydrogen-bond acceptors (Lipinski definition) is 3. The monoisotopic (exact) mass is 235 g/mol. The fourth-order valence-electron chi connectivity index (χ4n) is 2.28. The number of morpholine rings is 1. The highest BCUT2D eigenvalue weighted by atomic mass is 16.5. The first kappa shape index (κ1) is 12.4. The average molecular weight is 235 g/mol. The summed E-state index contributed by atoms with van der Waals surface area (Å²) in [4.78, 5) is 0. The van der Waals surface area contributed by atoms with Crippen LogP contribution < -0.4 is 10.1 Å². The number of rotatable bonds is 3. The Labute approximate surface area is 103 Å². The van der Waals surface area contributed by atoms with Crippen LogP contribution in [0.25, 0.3) is 0 Å². The van der Waals surface area contributed by atoms with E-state index in [1.165, 1.54) is 11.1 Å². The van der Waals surface area contributed by atoms with Crippen molar-refractivity contribution in [1.29, 1.82) is 0 Å². The minimum absolute atomic E-state index is 0.151. The lowest BCUT2D eigenvalue weighted by Gasteiger charge is -2.31. The molecule has 0 bridgehead atoms. The van der Waals surface area contributed by atoms with Crippen LogP contribution in [0.3, 0.4) is 0 Å². The highest BCUT2D eigenvalue weighted by Gasteiger charge is 2.23. The maximum atomic E-state index is 5.83. The number of hydrogen-bond donors (Lipinski definition) is 1. The molecule has 2 rings (SSSR count). The van der Waals surface area contributed by atoms with Crippen LogP contribution in [0, 0.1) is 6.92 Å². The molecule has 0 amide bonds. The molecule has 1 saturated heterocycles. The van der Waals surface area contributed by atoms with Gasteiger partial charge in [-0.15, -0.1) is 0 Å². The number of ether oxygens (including phenoxy) is 2. The maximum absolute atomic E-state index is 5.83. The van der Waals surface area contributed by atoms with Crippen molar-refractivity contribution in [2.24, 2.45) is 0 Å². The Hall–Kier alpha value is -1.06. The van der Waals surface area contributed by atoms with Crippen LogP contribution >= 0.6 is 0 Å². The van der Waals surface area contributed by atoms with Gasteiger partial charge in [0.05, 0.1) is 19.3 Å². The molecule has 2 atom stereocenters. The molecule has 1 aromatic carbocycles. The second-order valence-electron chi connectivity index (χ2n) is 4.49. The number of benzene rings is 1. The number of nitrogens with one attached hydrogen (secondary N) is 1. The van der Waals surface area contributed by atoms with E-state index in [-0.39, 0.29) is 6.10 Å². The summed E-state index contributed by atoms with van der Waals surface area (Å²) < 4.78 is 11.4. The largest absolute Gasteiger partial charge is 0.494 e. The van der Waals surface area contributed by atoms with Crippen molar-refractivity contribution in [3.05, 3.63) is 29.3 Å². The van der Waals surface area contributed by atoms with Gasteiger partial charge in [0.15, 0.2) is 0 Å². The van der Waals surface area contributed by atoms with Crippen LogP contribution in [0.4, 0.5) is 0 Å². The van der Waals surface area contributed by atoms with Gasteiger partial charge < -0.3 is 14.8 Å². The molecule has 2 unspecified atom stereocenters. The smallest absolute Gasteiger partial charge is 0.122 e. The first-order chi connectivity index (χ1) is 8.22. The lowest BCUT2D eigenvalue weighted by Crippen LogP contribution is -2.41. The molecule has 17 heavy (non-hydrogen) atoms. The predicted molar refractivity (Wildman–Crippen MR) is 68.5 cm³/mol. The average Bonchev–Trinajstić information content (AvgIpc) is 2.33. The van der Waals surface area contributed by atoms with Crippen LogP contribution in [0.15, 0.2) is 18.2 Å². The van der Waals surface area contributed by atoms with Crippen LogP contribution in [-0.2, 0) is 4.74 Å². The van der Waals surface area contributed by atoms with Crippen molar-refractivity contribution in [3.8, 4) is 5.75 Å². The molecule has 1 fully saturated rings. The molecule has 1 aliphatic heterocycles. The maximum Gasteiger partial charge on any atom is 0.122 e. The van der Waals surface area contributed by atoms with Gasteiger partial charge >= 0.3 is 0 Å². The summed E-state index contributed by atoms with van der Waals surface area (Å²) in [7, 11) is 0. The Morgan fingerprint density at radius 1 is 1.47 bits per heavy atom. The molecule has 0 spiro atoms. The molecule has 0 aliphatic carbocycles. The molecule has 0 saturated carbocycles. The van der Waals surface area contributed by atoms with E-state index in [9.17, 15) is 0 Å². The van der Waals surface area contributed by atoms with Gasteiger partial charge in [0, 0.05) is 12.6 Å². The molecular weight excluding hydrogens is 214 g/mol. The van der Waals surface area contributed by atoms with Crippen LogP contribution in [-0.4, -0.2) is 25.8 Å². The quantitative estimate of drug-likeness (QED) is 0.873. The van der Waals surface area contributed by atoms with Gasteiger partial charge in [0.1, 0.15) is 5.75 Å². The summed E-state index contributed by atoms with van der Waals surface area (Å²) in [6, 6.07) is 6.67. The third-order valence-corrected chi connectivity index (χ3v) is 3.15. The highest BCUT2D eigenvalue weighted by Crippen LogP contribution is 2.28. The van der Waals surface area contributed by atoms with Gasteiger partial charge in [0.2, 0.25) is 0 Å². The lowest BCUT2D eigenvalue weighted by atomic mass is 10.00.